The molecule has 0 radical (unpaired) electrons. The highest BCUT2D eigenvalue weighted by atomic mass is 33.3. The number of rotatable bonds is 0. The Morgan fingerprint density at radius 1 is 1.89 bits per heavy atom. The molecule has 0 amide bonds. The van der Waals surface area contributed by atoms with Crippen LogP contribution in [0.3, 0.4) is 0 Å². The maximum Gasteiger partial charge on any atom is 0.183 e. The molecule has 0 saturated heterocycles. The third-order valence-corrected chi connectivity index (χ3v) is 5.08. The first-order chi connectivity index (χ1) is 4.38. The standard InChI is InChI=1S/C4H4N2S3/c7-9-4-5-1-2-6(4)3-8-9/h1-2H,3H2. The Morgan fingerprint density at radius 3 is 3.56 bits per heavy atom. The largest absolute Gasteiger partial charge is 0.315 e. The van der Waals surface area contributed by atoms with Gasteiger partial charge >= 0.3 is 0 Å². The molecule has 1 aromatic heterocycles. The number of fused-ring (bicyclic) bond motifs is 1. The van der Waals surface area contributed by atoms with E-state index in [1.54, 1.807) is 17.0 Å². The monoisotopic (exact) mass is 176 g/mol. The molecule has 1 aromatic rings. The van der Waals surface area contributed by atoms with Crippen molar-refractivity contribution in [2.75, 3.05) is 0 Å². The average Bonchev–Trinajstić information content (AvgIpc) is 2.35. The van der Waals surface area contributed by atoms with Crippen LogP contribution in [-0.4, -0.2) is 9.55 Å². The minimum absolute atomic E-state index is 0.0648. The smallest absolute Gasteiger partial charge is 0.183 e. The molecule has 5 heteroatoms. The van der Waals surface area contributed by atoms with Gasteiger partial charge in [-0.15, -0.1) is 0 Å². The lowest BCUT2D eigenvalue weighted by Crippen LogP contribution is -1.87. The van der Waals surface area contributed by atoms with Crippen LogP contribution in [0, 0.1) is 0 Å². The van der Waals surface area contributed by atoms with Gasteiger partial charge in [-0.25, -0.2) is 4.98 Å². The Labute approximate surface area is 63.7 Å². The SMILES string of the molecule is S=S1SCn2ccnc21. The van der Waals surface area contributed by atoms with Crippen LogP contribution in [-0.2, 0) is 25.6 Å². The molecule has 0 aliphatic carbocycles. The highest BCUT2D eigenvalue weighted by molar-refractivity contribution is 8.82. The van der Waals surface area contributed by atoms with Gasteiger partial charge in [-0.2, -0.15) is 0 Å². The fourth-order valence-corrected chi connectivity index (χ4v) is 3.94. The van der Waals surface area contributed by atoms with E-state index in [-0.39, 0.29) is 8.49 Å². The predicted molar refractivity (Wildman–Crippen MR) is 42.8 cm³/mol. The summed E-state index contributed by atoms with van der Waals surface area (Å²) in [4.78, 5) is 4.13. The van der Waals surface area contributed by atoms with Crippen LogP contribution in [0.5, 0.6) is 0 Å². The predicted octanol–water partition coefficient (Wildman–Crippen LogP) is 0.941. The lowest BCUT2D eigenvalue weighted by molar-refractivity contribution is 0.787. The molecule has 0 saturated carbocycles. The molecular formula is C4H4N2S3. The Balaban J connectivity index is 2.61. The Hall–Kier alpha value is 0.130. The molecule has 0 spiro atoms. The van der Waals surface area contributed by atoms with Crippen LogP contribution in [0.1, 0.15) is 0 Å². The maximum absolute atomic E-state index is 5.12. The molecule has 48 valence electrons. The third kappa shape index (κ3) is 0.835. The second kappa shape index (κ2) is 2.07. The third-order valence-electron chi connectivity index (χ3n) is 1.13. The molecule has 2 rings (SSSR count). The average molecular weight is 176 g/mol. The van der Waals surface area contributed by atoms with Crippen LogP contribution < -0.4 is 0 Å². The van der Waals surface area contributed by atoms with E-state index < -0.39 is 0 Å². The van der Waals surface area contributed by atoms with Gasteiger partial charge in [0, 0.05) is 20.9 Å². The summed E-state index contributed by atoms with van der Waals surface area (Å²) in [6.45, 7) is 0. The van der Waals surface area contributed by atoms with Gasteiger partial charge in [0.15, 0.2) is 5.16 Å². The number of hydrogen-bond acceptors (Lipinski definition) is 3. The van der Waals surface area contributed by atoms with Gasteiger partial charge in [0.1, 0.15) is 0 Å². The van der Waals surface area contributed by atoms with Crippen molar-refractivity contribution >= 4 is 30.5 Å². The number of imidazole rings is 1. The van der Waals surface area contributed by atoms with Crippen LogP contribution in [0.25, 0.3) is 0 Å². The van der Waals surface area contributed by atoms with E-state index in [0.717, 1.165) is 11.0 Å². The zero-order valence-electron chi connectivity index (χ0n) is 4.48. The highest BCUT2D eigenvalue weighted by Crippen LogP contribution is 2.26. The van der Waals surface area contributed by atoms with Crippen molar-refractivity contribution in [2.45, 2.75) is 11.0 Å². The molecule has 9 heavy (non-hydrogen) atoms. The molecule has 0 fully saturated rings. The van der Waals surface area contributed by atoms with Crippen LogP contribution in [0.4, 0.5) is 0 Å². The fourth-order valence-electron chi connectivity index (χ4n) is 0.710. The Kier molecular flexibility index (Phi) is 1.35. The number of hydrogen-bond donors (Lipinski definition) is 0. The quantitative estimate of drug-likeness (QED) is 0.548. The summed E-state index contributed by atoms with van der Waals surface area (Å²) in [5, 5.41) is 1.06. The lowest BCUT2D eigenvalue weighted by atomic mass is 10.9. The normalized spacial score (nSPS) is 24.2. The second-order valence-electron chi connectivity index (χ2n) is 1.66. The van der Waals surface area contributed by atoms with Crippen molar-refractivity contribution < 1.29 is 0 Å². The number of nitrogens with zero attached hydrogens (tertiary/aromatic N) is 2. The van der Waals surface area contributed by atoms with Crippen molar-refractivity contribution in [1.29, 1.82) is 0 Å². The van der Waals surface area contributed by atoms with E-state index in [9.17, 15) is 0 Å². The van der Waals surface area contributed by atoms with Crippen molar-refractivity contribution in [3.63, 3.8) is 0 Å². The molecule has 2 nitrogen and oxygen atoms in total. The molecule has 0 N–H and O–H groups in total. The summed E-state index contributed by atoms with van der Waals surface area (Å²) in [5.74, 6) is 0.988. The summed E-state index contributed by atoms with van der Waals surface area (Å²) >= 11 is 5.12. The molecule has 2 heterocycles. The molecule has 1 aliphatic rings. The zero-order chi connectivity index (χ0) is 6.27. The van der Waals surface area contributed by atoms with E-state index >= 15 is 0 Å². The topological polar surface area (TPSA) is 17.8 Å². The van der Waals surface area contributed by atoms with E-state index in [2.05, 4.69) is 9.55 Å². The highest BCUT2D eigenvalue weighted by Gasteiger charge is 2.14. The first kappa shape index (κ1) is 5.88. The first-order valence-electron chi connectivity index (χ1n) is 2.44. The zero-order valence-corrected chi connectivity index (χ0v) is 6.93. The van der Waals surface area contributed by atoms with Gasteiger partial charge in [0.2, 0.25) is 0 Å². The van der Waals surface area contributed by atoms with Gasteiger partial charge in [0.25, 0.3) is 0 Å². The van der Waals surface area contributed by atoms with Crippen molar-refractivity contribution in [1.82, 2.24) is 9.55 Å². The maximum atomic E-state index is 5.12. The fraction of sp³-hybridized carbons (Fsp3) is 0.250. The molecule has 1 atom stereocenters. The minimum atomic E-state index is -0.0648. The Morgan fingerprint density at radius 2 is 2.78 bits per heavy atom. The van der Waals surface area contributed by atoms with E-state index in [1.165, 1.54) is 0 Å². The van der Waals surface area contributed by atoms with Crippen molar-refractivity contribution in [3.8, 4) is 0 Å². The first-order valence-corrected chi connectivity index (χ1v) is 6.09. The molecule has 1 unspecified atom stereocenters. The van der Waals surface area contributed by atoms with Gasteiger partial charge < -0.3 is 4.57 Å². The van der Waals surface area contributed by atoms with Crippen molar-refractivity contribution in [3.05, 3.63) is 12.4 Å². The van der Waals surface area contributed by atoms with Crippen LogP contribution >= 0.6 is 10.8 Å². The number of aromatic nitrogens is 2. The molecule has 0 bridgehead atoms. The second-order valence-corrected chi connectivity index (χ2v) is 6.33. The van der Waals surface area contributed by atoms with Gasteiger partial charge in [0.05, 0.1) is 5.88 Å². The van der Waals surface area contributed by atoms with Gasteiger partial charge in [-0.3, -0.25) is 0 Å². The summed E-state index contributed by atoms with van der Waals surface area (Å²) in [5.41, 5.74) is 0. The summed E-state index contributed by atoms with van der Waals surface area (Å²) < 4.78 is 2.10. The molecular weight excluding hydrogens is 172 g/mol. The molecule has 0 aromatic carbocycles. The summed E-state index contributed by atoms with van der Waals surface area (Å²) in [6, 6.07) is 0. The van der Waals surface area contributed by atoms with E-state index in [0.29, 0.717) is 0 Å². The minimum Gasteiger partial charge on any atom is -0.315 e. The lowest BCUT2D eigenvalue weighted by Gasteiger charge is -1.85. The van der Waals surface area contributed by atoms with Gasteiger partial charge in [-0.1, -0.05) is 10.8 Å². The van der Waals surface area contributed by atoms with Crippen molar-refractivity contribution in [2.24, 2.45) is 0 Å². The van der Waals surface area contributed by atoms with E-state index in [1.807, 2.05) is 6.20 Å². The van der Waals surface area contributed by atoms with Crippen LogP contribution in [0.15, 0.2) is 17.6 Å². The Bertz CT molecular complexity index is 254. The van der Waals surface area contributed by atoms with Crippen LogP contribution in [0.2, 0.25) is 0 Å². The van der Waals surface area contributed by atoms with E-state index in [4.69, 9.17) is 11.2 Å². The summed E-state index contributed by atoms with van der Waals surface area (Å²) in [6.07, 6.45) is 3.78. The summed E-state index contributed by atoms with van der Waals surface area (Å²) in [7, 11) is 1.71. The van der Waals surface area contributed by atoms with Gasteiger partial charge in [-0.05, 0) is 11.2 Å². The molecule has 1 aliphatic heterocycles.